The molecule has 2 aromatic rings. The van der Waals surface area contributed by atoms with Crippen LogP contribution in [0.25, 0.3) is 0 Å². The Morgan fingerprint density at radius 1 is 1.04 bits per heavy atom. The third kappa shape index (κ3) is 7.31. The number of carbonyl (C=O) groups excluding carboxylic acids is 2. The molecule has 5 nitrogen and oxygen atoms in total. The minimum absolute atomic E-state index is 0.0558. The van der Waals surface area contributed by atoms with Crippen LogP contribution in [0.3, 0.4) is 0 Å². The minimum atomic E-state index is -0.0649. The zero-order valence-electron chi connectivity index (χ0n) is 15.7. The first kappa shape index (κ1) is 20.8. The molecule has 0 bridgehead atoms. The lowest BCUT2D eigenvalue weighted by Crippen LogP contribution is -2.34. The van der Waals surface area contributed by atoms with Gasteiger partial charge in [-0.05, 0) is 41.8 Å². The number of hydrogen-bond acceptors (Lipinski definition) is 3. The van der Waals surface area contributed by atoms with Gasteiger partial charge >= 0.3 is 0 Å². The highest BCUT2D eigenvalue weighted by atomic mass is 35.5. The van der Waals surface area contributed by atoms with Crippen molar-refractivity contribution in [2.45, 2.75) is 26.3 Å². The van der Waals surface area contributed by atoms with E-state index in [0.29, 0.717) is 24.7 Å². The standard InChI is InChI=1S/C21H25ClN2O3/c1-16(25)24(15-18-5-9-20(27-2)10-6-18)14-12-21(26)23-13-11-17-3-7-19(22)8-4-17/h3-10H,11-15H2,1-2H3,(H,23,26). The number of nitrogens with one attached hydrogen (secondary N) is 1. The molecular formula is C21H25ClN2O3. The lowest BCUT2D eigenvalue weighted by atomic mass is 10.1. The highest BCUT2D eigenvalue weighted by Gasteiger charge is 2.12. The largest absolute Gasteiger partial charge is 0.497 e. The van der Waals surface area contributed by atoms with Gasteiger partial charge in [-0.15, -0.1) is 0 Å². The molecule has 0 aliphatic carbocycles. The predicted octanol–water partition coefficient (Wildman–Crippen LogP) is 3.45. The SMILES string of the molecule is COc1ccc(CN(CCC(=O)NCCc2ccc(Cl)cc2)C(C)=O)cc1. The normalized spacial score (nSPS) is 10.3. The Kier molecular flexibility index (Phi) is 8.14. The van der Waals surface area contributed by atoms with E-state index in [1.807, 2.05) is 48.5 Å². The molecule has 2 rings (SSSR count). The van der Waals surface area contributed by atoms with Gasteiger partial charge < -0.3 is 15.0 Å². The van der Waals surface area contributed by atoms with Crippen molar-refractivity contribution in [1.29, 1.82) is 0 Å². The second-order valence-corrected chi connectivity index (χ2v) is 6.70. The summed E-state index contributed by atoms with van der Waals surface area (Å²) < 4.78 is 5.14. The minimum Gasteiger partial charge on any atom is -0.497 e. The maximum Gasteiger partial charge on any atom is 0.221 e. The quantitative estimate of drug-likeness (QED) is 0.715. The summed E-state index contributed by atoms with van der Waals surface area (Å²) in [4.78, 5) is 25.6. The Labute approximate surface area is 165 Å². The average molecular weight is 389 g/mol. The fourth-order valence-electron chi connectivity index (χ4n) is 2.62. The van der Waals surface area contributed by atoms with Gasteiger partial charge in [0, 0.05) is 38.0 Å². The maximum atomic E-state index is 12.1. The van der Waals surface area contributed by atoms with E-state index in [0.717, 1.165) is 23.3 Å². The molecule has 0 atom stereocenters. The van der Waals surface area contributed by atoms with Gasteiger partial charge in [-0.1, -0.05) is 35.9 Å². The monoisotopic (exact) mass is 388 g/mol. The van der Waals surface area contributed by atoms with Gasteiger partial charge in [-0.3, -0.25) is 9.59 Å². The van der Waals surface area contributed by atoms with Crippen LogP contribution in [0.15, 0.2) is 48.5 Å². The van der Waals surface area contributed by atoms with Gasteiger partial charge in [-0.2, -0.15) is 0 Å². The van der Waals surface area contributed by atoms with Crippen LogP contribution in [0.2, 0.25) is 5.02 Å². The van der Waals surface area contributed by atoms with Crippen LogP contribution in [-0.4, -0.2) is 36.9 Å². The maximum absolute atomic E-state index is 12.1. The second-order valence-electron chi connectivity index (χ2n) is 6.27. The molecule has 0 heterocycles. The Hall–Kier alpha value is -2.53. The van der Waals surface area contributed by atoms with Crippen LogP contribution in [0.1, 0.15) is 24.5 Å². The Balaban J connectivity index is 1.76. The molecule has 1 N–H and O–H groups in total. The van der Waals surface area contributed by atoms with E-state index in [9.17, 15) is 9.59 Å². The van der Waals surface area contributed by atoms with E-state index < -0.39 is 0 Å². The van der Waals surface area contributed by atoms with E-state index in [1.54, 1.807) is 12.0 Å². The third-order valence-electron chi connectivity index (χ3n) is 4.24. The van der Waals surface area contributed by atoms with Crippen LogP contribution in [0.4, 0.5) is 0 Å². The lowest BCUT2D eigenvalue weighted by molar-refractivity contribution is -0.130. The summed E-state index contributed by atoms with van der Waals surface area (Å²) in [6.45, 7) is 2.92. The summed E-state index contributed by atoms with van der Waals surface area (Å²) in [5.41, 5.74) is 2.11. The highest BCUT2D eigenvalue weighted by Crippen LogP contribution is 2.13. The van der Waals surface area contributed by atoms with Crippen molar-refractivity contribution in [2.75, 3.05) is 20.2 Å². The molecule has 0 aromatic heterocycles. The van der Waals surface area contributed by atoms with Gasteiger partial charge in [0.2, 0.25) is 11.8 Å². The van der Waals surface area contributed by atoms with Crippen molar-refractivity contribution in [3.8, 4) is 5.75 Å². The molecule has 0 spiro atoms. The zero-order valence-corrected chi connectivity index (χ0v) is 16.5. The predicted molar refractivity (Wildman–Crippen MR) is 107 cm³/mol. The first-order valence-corrected chi connectivity index (χ1v) is 9.25. The van der Waals surface area contributed by atoms with Gasteiger partial charge in [0.1, 0.15) is 5.75 Å². The summed E-state index contributed by atoms with van der Waals surface area (Å²) in [5.74, 6) is 0.651. The zero-order chi connectivity index (χ0) is 19.6. The summed E-state index contributed by atoms with van der Waals surface area (Å²) in [6, 6.07) is 15.1. The van der Waals surface area contributed by atoms with Crippen molar-refractivity contribution in [3.63, 3.8) is 0 Å². The van der Waals surface area contributed by atoms with Crippen molar-refractivity contribution < 1.29 is 14.3 Å². The summed E-state index contributed by atoms with van der Waals surface area (Å²) >= 11 is 5.86. The van der Waals surface area contributed by atoms with Crippen molar-refractivity contribution in [2.24, 2.45) is 0 Å². The molecule has 0 aliphatic heterocycles. The smallest absolute Gasteiger partial charge is 0.221 e. The Bertz CT molecular complexity index is 745. The number of carbonyl (C=O) groups is 2. The first-order valence-electron chi connectivity index (χ1n) is 8.87. The summed E-state index contributed by atoms with van der Waals surface area (Å²) in [5, 5.41) is 3.59. The van der Waals surface area contributed by atoms with E-state index >= 15 is 0 Å². The van der Waals surface area contributed by atoms with Gasteiger partial charge in [0.25, 0.3) is 0 Å². The van der Waals surface area contributed by atoms with Crippen molar-refractivity contribution in [3.05, 3.63) is 64.7 Å². The average Bonchev–Trinajstić information content (AvgIpc) is 2.67. The fourth-order valence-corrected chi connectivity index (χ4v) is 2.75. The number of hydrogen-bond donors (Lipinski definition) is 1. The van der Waals surface area contributed by atoms with E-state index in [-0.39, 0.29) is 18.2 Å². The molecule has 0 radical (unpaired) electrons. The molecular weight excluding hydrogens is 364 g/mol. The lowest BCUT2D eigenvalue weighted by Gasteiger charge is -2.21. The number of rotatable bonds is 9. The Morgan fingerprint density at radius 3 is 2.26 bits per heavy atom. The molecule has 2 amide bonds. The summed E-state index contributed by atoms with van der Waals surface area (Å²) in [6.07, 6.45) is 1.02. The molecule has 0 unspecified atom stereocenters. The van der Waals surface area contributed by atoms with Crippen LogP contribution in [0.5, 0.6) is 5.75 Å². The van der Waals surface area contributed by atoms with Crippen molar-refractivity contribution in [1.82, 2.24) is 10.2 Å². The van der Waals surface area contributed by atoms with Crippen LogP contribution in [0, 0.1) is 0 Å². The number of amides is 2. The molecule has 2 aromatic carbocycles. The van der Waals surface area contributed by atoms with Gasteiger partial charge in [-0.25, -0.2) is 0 Å². The molecule has 0 saturated carbocycles. The van der Waals surface area contributed by atoms with Crippen LogP contribution in [-0.2, 0) is 22.6 Å². The molecule has 27 heavy (non-hydrogen) atoms. The van der Waals surface area contributed by atoms with Gasteiger partial charge in [0.05, 0.1) is 7.11 Å². The van der Waals surface area contributed by atoms with Crippen LogP contribution >= 0.6 is 11.6 Å². The number of nitrogens with zero attached hydrogens (tertiary/aromatic N) is 1. The molecule has 0 saturated heterocycles. The third-order valence-corrected chi connectivity index (χ3v) is 4.49. The Morgan fingerprint density at radius 2 is 1.67 bits per heavy atom. The molecule has 6 heteroatoms. The second kappa shape index (κ2) is 10.6. The summed E-state index contributed by atoms with van der Waals surface area (Å²) in [7, 11) is 1.61. The number of ether oxygens (including phenoxy) is 1. The first-order chi connectivity index (χ1) is 13.0. The topological polar surface area (TPSA) is 58.6 Å². The fraction of sp³-hybridized carbons (Fsp3) is 0.333. The molecule has 0 aliphatic rings. The van der Waals surface area contributed by atoms with Gasteiger partial charge in [0.15, 0.2) is 0 Å². The number of benzene rings is 2. The van der Waals surface area contributed by atoms with Crippen molar-refractivity contribution >= 4 is 23.4 Å². The van der Waals surface area contributed by atoms with E-state index in [4.69, 9.17) is 16.3 Å². The van der Waals surface area contributed by atoms with E-state index in [1.165, 1.54) is 6.92 Å². The number of halogens is 1. The highest BCUT2D eigenvalue weighted by molar-refractivity contribution is 6.30. The molecule has 144 valence electrons. The molecule has 0 fully saturated rings. The van der Waals surface area contributed by atoms with E-state index in [2.05, 4.69) is 5.32 Å². The number of methoxy groups -OCH3 is 1. The van der Waals surface area contributed by atoms with Crippen LogP contribution < -0.4 is 10.1 Å².